The lowest BCUT2D eigenvalue weighted by Gasteiger charge is -2.10. The Bertz CT molecular complexity index is 374. The van der Waals surface area contributed by atoms with E-state index >= 15 is 0 Å². The van der Waals surface area contributed by atoms with E-state index in [9.17, 15) is 4.39 Å². The minimum atomic E-state index is -0.317. The Morgan fingerprint density at radius 3 is 2.75 bits per heavy atom. The fourth-order valence-electron chi connectivity index (χ4n) is 1.31. The maximum Gasteiger partial charge on any atom is 0.131 e. The van der Waals surface area contributed by atoms with Crippen LogP contribution in [0.1, 0.15) is 31.9 Å². The van der Waals surface area contributed by atoms with E-state index in [0.717, 1.165) is 12.0 Å². The lowest BCUT2D eigenvalue weighted by Crippen LogP contribution is -2.07. The monoisotopic (exact) mass is 223 g/mol. The molecule has 16 heavy (non-hydrogen) atoms. The van der Waals surface area contributed by atoms with Crippen molar-refractivity contribution in [2.45, 2.75) is 26.3 Å². The first-order valence-corrected chi connectivity index (χ1v) is 5.33. The molecule has 88 valence electrons. The van der Waals surface area contributed by atoms with Crippen LogP contribution in [0.25, 0.3) is 0 Å². The molecule has 1 aromatic rings. The van der Waals surface area contributed by atoms with Crippen LogP contribution in [0.4, 0.5) is 4.39 Å². The van der Waals surface area contributed by atoms with Crippen LogP contribution in [0.15, 0.2) is 30.4 Å². The van der Waals surface area contributed by atoms with Crippen LogP contribution in [-0.4, -0.2) is 6.61 Å². The molecule has 1 aromatic carbocycles. The average Bonchev–Trinajstić information content (AvgIpc) is 2.16. The third-order valence-electron chi connectivity index (χ3n) is 2.26. The Morgan fingerprint density at radius 2 is 2.25 bits per heavy atom. The van der Waals surface area contributed by atoms with Crippen LogP contribution in [0.3, 0.4) is 0 Å². The summed E-state index contributed by atoms with van der Waals surface area (Å²) in [7, 11) is 0. The molecule has 0 aliphatic carbocycles. The van der Waals surface area contributed by atoms with E-state index in [4.69, 9.17) is 10.5 Å². The second-order valence-electron chi connectivity index (χ2n) is 4.03. The van der Waals surface area contributed by atoms with Gasteiger partial charge in [-0.05, 0) is 19.9 Å². The number of hydrogen-bond acceptors (Lipinski definition) is 2. The highest BCUT2D eigenvalue weighted by molar-refractivity contribution is 5.30. The zero-order valence-corrected chi connectivity index (χ0v) is 9.79. The van der Waals surface area contributed by atoms with E-state index in [1.165, 1.54) is 6.07 Å². The molecule has 1 unspecified atom stereocenters. The molecule has 1 atom stereocenters. The highest BCUT2D eigenvalue weighted by atomic mass is 19.1. The summed E-state index contributed by atoms with van der Waals surface area (Å²) in [6.45, 7) is 7.97. The van der Waals surface area contributed by atoms with Crippen LogP contribution in [0, 0.1) is 5.82 Å². The zero-order valence-electron chi connectivity index (χ0n) is 9.79. The molecular weight excluding hydrogens is 205 g/mol. The summed E-state index contributed by atoms with van der Waals surface area (Å²) in [4.78, 5) is 0. The summed E-state index contributed by atoms with van der Waals surface area (Å²) < 4.78 is 18.9. The minimum Gasteiger partial charge on any atom is -0.493 e. The summed E-state index contributed by atoms with van der Waals surface area (Å²) >= 11 is 0. The molecule has 0 heterocycles. The molecule has 3 heteroatoms. The fraction of sp³-hybridized carbons (Fsp3) is 0.385. The van der Waals surface area contributed by atoms with Gasteiger partial charge >= 0.3 is 0 Å². The first kappa shape index (κ1) is 12.7. The Hall–Kier alpha value is -1.35. The third kappa shape index (κ3) is 3.66. The molecule has 0 saturated carbocycles. The van der Waals surface area contributed by atoms with Gasteiger partial charge in [0.2, 0.25) is 0 Å². The Balaban J connectivity index is 2.63. The van der Waals surface area contributed by atoms with Crippen LogP contribution < -0.4 is 10.5 Å². The summed E-state index contributed by atoms with van der Waals surface area (Å²) in [6.07, 6.45) is 0.774. The molecule has 0 aliphatic heterocycles. The van der Waals surface area contributed by atoms with E-state index in [1.807, 2.05) is 6.92 Å². The predicted octanol–water partition coefficient (Wildman–Crippen LogP) is 3.19. The second-order valence-corrected chi connectivity index (χ2v) is 4.03. The molecule has 0 bridgehead atoms. The van der Waals surface area contributed by atoms with Crippen LogP contribution in [-0.2, 0) is 0 Å². The van der Waals surface area contributed by atoms with Crippen molar-refractivity contribution >= 4 is 0 Å². The van der Waals surface area contributed by atoms with Gasteiger partial charge < -0.3 is 10.5 Å². The molecule has 0 aromatic heterocycles. The molecule has 0 fully saturated rings. The minimum absolute atomic E-state index is 0.301. The lowest BCUT2D eigenvalue weighted by atomic mass is 10.1. The maximum atomic E-state index is 13.5. The van der Waals surface area contributed by atoms with E-state index in [1.54, 1.807) is 19.1 Å². The smallest absolute Gasteiger partial charge is 0.131 e. The van der Waals surface area contributed by atoms with Crippen molar-refractivity contribution in [1.82, 2.24) is 0 Å². The van der Waals surface area contributed by atoms with E-state index in [0.29, 0.717) is 17.9 Å². The Morgan fingerprint density at radius 1 is 1.56 bits per heavy atom. The highest BCUT2D eigenvalue weighted by Gasteiger charge is 2.07. The number of nitrogens with two attached hydrogens (primary N) is 1. The number of halogens is 1. The van der Waals surface area contributed by atoms with Crippen LogP contribution in [0.5, 0.6) is 5.75 Å². The maximum absolute atomic E-state index is 13.5. The topological polar surface area (TPSA) is 35.2 Å². The van der Waals surface area contributed by atoms with Gasteiger partial charge in [0, 0.05) is 24.1 Å². The summed E-state index contributed by atoms with van der Waals surface area (Å²) in [5.41, 5.74) is 7.17. The van der Waals surface area contributed by atoms with Crippen molar-refractivity contribution < 1.29 is 9.13 Å². The van der Waals surface area contributed by atoms with Gasteiger partial charge in [-0.15, -0.1) is 6.58 Å². The second kappa shape index (κ2) is 5.66. The molecule has 0 spiro atoms. The van der Waals surface area contributed by atoms with Gasteiger partial charge in [-0.1, -0.05) is 11.6 Å². The largest absolute Gasteiger partial charge is 0.493 e. The molecule has 0 radical (unpaired) electrons. The average molecular weight is 223 g/mol. The summed E-state index contributed by atoms with van der Waals surface area (Å²) in [6, 6.07) is 4.47. The van der Waals surface area contributed by atoms with Crippen molar-refractivity contribution in [3.8, 4) is 5.75 Å². The van der Waals surface area contributed by atoms with Crippen LogP contribution in [0.2, 0.25) is 0 Å². The van der Waals surface area contributed by atoms with Gasteiger partial charge in [-0.25, -0.2) is 4.39 Å². The molecule has 2 N–H and O–H groups in total. The van der Waals surface area contributed by atoms with Crippen molar-refractivity contribution in [3.63, 3.8) is 0 Å². The Labute approximate surface area is 95.9 Å². The first-order valence-electron chi connectivity index (χ1n) is 5.33. The van der Waals surface area contributed by atoms with Gasteiger partial charge in [0.1, 0.15) is 11.6 Å². The predicted molar refractivity (Wildman–Crippen MR) is 63.9 cm³/mol. The highest BCUT2D eigenvalue weighted by Crippen LogP contribution is 2.20. The van der Waals surface area contributed by atoms with Crippen molar-refractivity contribution in [3.05, 3.63) is 41.7 Å². The standard InChI is InChI=1S/C13H18FNO/c1-9(2)6-7-16-11-4-5-12(10(3)15)13(14)8-11/h4-5,8,10H,1,6-7,15H2,2-3H3. The molecule has 0 aliphatic rings. The SMILES string of the molecule is C=C(C)CCOc1ccc(C(C)N)c(F)c1. The Kier molecular flexibility index (Phi) is 4.50. The van der Waals surface area contributed by atoms with Crippen LogP contribution >= 0.6 is 0 Å². The summed E-state index contributed by atoms with van der Waals surface area (Å²) in [5.74, 6) is 0.214. The number of rotatable bonds is 5. The molecule has 0 amide bonds. The van der Waals surface area contributed by atoms with Crippen molar-refractivity contribution in [2.24, 2.45) is 5.73 Å². The molecule has 1 rings (SSSR count). The van der Waals surface area contributed by atoms with Gasteiger partial charge in [0.05, 0.1) is 6.61 Å². The number of hydrogen-bond donors (Lipinski definition) is 1. The van der Waals surface area contributed by atoms with Gasteiger partial charge in [0.15, 0.2) is 0 Å². The number of benzene rings is 1. The van der Waals surface area contributed by atoms with Gasteiger partial charge in [-0.2, -0.15) is 0 Å². The zero-order chi connectivity index (χ0) is 12.1. The van der Waals surface area contributed by atoms with Gasteiger partial charge in [0.25, 0.3) is 0 Å². The lowest BCUT2D eigenvalue weighted by molar-refractivity contribution is 0.319. The first-order chi connectivity index (χ1) is 7.50. The quantitative estimate of drug-likeness (QED) is 0.778. The molecule has 2 nitrogen and oxygen atoms in total. The number of ether oxygens (including phenoxy) is 1. The van der Waals surface area contributed by atoms with E-state index < -0.39 is 0 Å². The van der Waals surface area contributed by atoms with E-state index in [2.05, 4.69) is 6.58 Å². The van der Waals surface area contributed by atoms with E-state index in [-0.39, 0.29) is 11.9 Å². The van der Waals surface area contributed by atoms with Gasteiger partial charge in [-0.3, -0.25) is 0 Å². The van der Waals surface area contributed by atoms with Crippen molar-refractivity contribution in [1.29, 1.82) is 0 Å². The fourth-order valence-corrected chi connectivity index (χ4v) is 1.31. The summed E-state index contributed by atoms with van der Waals surface area (Å²) in [5, 5.41) is 0. The third-order valence-corrected chi connectivity index (χ3v) is 2.26. The molecule has 0 saturated heterocycles. The van der Waals surface area contributed by atoms with Crippen molar-refractivity contribution in [2.75, 3.05) is 6.61 Å². The normalized spacial score (nSPS) is 12.2. The molecular formula is C13H18FNO.